The van der Waals surface area contributed by atoms with Crippen molar-refractivity contribution in [2.45, 2.75) is 23.9 Å². The van der Waals surface area contributed by atoms with Crippen LogP contribution in [0, 0.1) is 0 Å². The molecule has 1 fully saturated rings. The maximum atomic E-state index is 12.9. The summed E-state index contributed by atoms with van der Waals surface area (Å²) in [6.07, 6.45) is 2.61. The number of ether oxygens (including phenoxy) is 1. The molecule has 1 aliphatic rings. The molecular formula is C8H11FN2O3S. The molecule has 0 aromatic carbocycles. The highest BCUT2D eigenvalue weighted by Gasteiger charge is 2.24. The first-order valence-electron chi connectivity index (χ1n) is 4.65. The average molecular weight is 234 g/mol. The van der Waals surface area contributed by atoms with Crippen molar-refractivity contribution in [3.05, 3.63) is 12.3 Å². The van der Waals surface area contributed by atoms with Crippen LogP contribution in [-0.2, 0) is 15.0 Å². The first-order valence-corrected chi connectivity index (χ1v) is 6.03. The van der Waals surface area contributed by atoms with Gasteiger partial charge in [0.05, 0.1) is 12.2 Å². The van der Waals surface area contributed by atoms with Gasteiger partial charge in [-0.25, -0.2) is 4.68 Å². The maximum absolute atomic E-state index is 12.9. The van der Waals surface area contributed by atoms with E-state index in [4.69, 9.17) is 4.74 Å². The standard InChI is InChI=1S/C8H11FN2O3S/c9-15(12,13)8-1-4-10-11(8)7-2-5-14-6-3-7/h1,4,7H,2-3,5-6H2. The molecule has 0 N–H and O–H groups in total. The highest BCUT2D eigenvalue weighted by molar-refractivity contribution is 7.86. The minimum absolute atomic E-state index is 0.0886. The lowest BCUT2D eigenvalue weighted by molar-refractivity contribution is 0.0635. The van der Waals surface area contributed by atoms with Crippen LogP contribution in [0.25, 0.3) is 0 Å². The third-order valence-corrected chi connectivity index (χ3v) is 3.24. The Morgan fingerprint density at radius 1 is 1.47 bits per heavy atom. The van der Waals surface area contributed by atoms with E-state index in [1.165, 1.54) is 16.9 Å². The van der Waals surface area contributed by atoms with Gasteiger partial charge in [0, 0.05) is 13.2 Å². The van der Waals surface area contributed by atoms with E-state index >= 15 is 0 Å². The molecule has 0 bridgehead atoms. The number of rotatable bonds is 2. The predicted octanol–water partition coefficient (Wildman–Crippen LogP) is 0.893. The SMILES string of the molecule is O=S(=O)(F)c1ccnn1C1CCOCC1. The minimum atomic E-state index is -4.68. The molecule has 0 atom stereocenters. The Kier molecular flexibility index (Phi) is 2.74. The van der Waals surface area contributed by atoms with Gasteiger partial charge in [-0.05, 0) is 18.9 Å². The van der Waals surface area contributed by atoms with Gasteiger partial charge in [0.15, 0.2) is 5.03 Å². The van der Waals surface area contributed by atoms with Crippen LogP contribution in [-0.4, -0.2) is 31.4 Å². The quantitative estimate of drug-likeness (QED) is 0.713. The van der Waals surface area contributed by atoms with Crippen LogP contribution in [0.3, 0.4) is 0 Å². The van der Waals surface area contributed by atoms with Crippen molar-refractivity contribution in [2.75, 3.05) is 13.2 Å². The molecule has 5 nitrogen and oxygen atoms in total. The van der Waals surface area contributed by atoms with Crippen LogP contribution < -0.4 is 0 Å². The predicted molar refractivity (Wildman–Crippen MR) is 49.6 cm³/mol. The third-order valence-electron chi connectivity index (χ3n) is 2.42. The monoisotopic (exact) mass is 234 g/mol. The van der Waals surface area contributed by atoms with Gasteiger partial charge in [0.2, 0.25) is 0 Å². The van der Waals surface area contributed by atoms with E-state index in [0.29, 0.717) is 26.1 Å². The molecule has 1 aromatic rings. The summed E-state index contributed by atoms with van der Waals surface area (Å²) >= 11 is 0. The van der Waals surface area contributed by atoms with Crippen LogP contribution in [0.2, 0.25) is 0 Å². The van der Waals surface area contributed by atoms with Gasteiger partial charge in [-0.3, -0.25) is 0 Å². The van der Waals surface area contributed by atoms with Gasteiger partial charge in [-0.2, -0.15) is 13.5 Å². The molecule has 1 saturated heterocycles. The molecule has 2 heterocycles. The summed E-state index contributed by atoms with van der Waals surface area (Å²) in [4.78, 5) is 0. The smallest absolute Gasteiger partial charge is 0.349 e. The molecule has 2 rings (SSSR count). The summed E-state index contributed by atoms with van der Waals surface area (Å²) in [6, 6.07) is 1.08. The Morgan fingerprint density at radius 3 is 2.73 bits per heavy atom. The average Bonchev–Trinajstić information content (AvgIpc) is 2.67. The van der Waals surface area contributed by atoms with Crippen molar-refractivity contribution in [3.8, 4) is 0 Å². The van der Waals surface area contributed by atoms with E-state index in [0.717, 1.165) is 0 Å². The highest BCUT2D eigenvalue weighted by Crippen LogP contribution is 2.24. The largest absolute Gasteiger partial charge is 0.381 e. The van der Waals surface area contributed by atoms with Gasteiger partial charge in [0.25, 0.3) is 0 Å². The Hall–Kier alpha value is -0.950. The number of hydrogen-bond donors (Lipinski definition) is 0. The summed E-state index contributed by atoms with van der Waals surface area (Å²) in [7, 11) is -4.68. The zero-order valence-corrected chi connectivity index (χ0v) is 8.78. The van der Waals surface area contributed by atoms with Crippen LogP contribution in [0.1, 0.15) is 18.9 Å². The molecule has 0 saturated carbocycles. The van der Waals surface area contributed by atoms with Crippen LogP contribution in [0.5, 0.6) is 0 Å². The van der Waals surface area contributed by atoms with Crippen molar-refractivity contribution in [2.24, 2.45) is 0 Å². The molecule has 1 aliphatic heterocycles. The van der Waals surface area contributed by atoms with Gasteiger partial charge in [-0.15, -0.1) is 0 Å². The zero-order chi connectivity index (χ0) is 10.9. The van der Waals surface area contributed by atoms with Gasteiger partial charge < -0.3 is 4.74 Å². The fourth-order valence-corrected chi connectivity index (χ4v) is 2.34. The van der Waals surface area contributed by atoms with Crippen LogP contribution >= 0.6 is 0 Å². The molecule has 1 aromatic heterocycles. The van der Waals surface area contributed by atoms with E-state index in [-0.39, 0.29) is 11.1 Å². The molecule has 7 heteroatoms. The second-order valence-electron chi connectivity index (χ2n) is 3.40. The van der Waals surface area contributed by atoms with Gasteiger partial charge in [-0.1, -0.05) is 3.89 Å². The summed E-state index contributed by atoms with van der Waals surface area (Å²) < 4.78 is 40.8. The summed E-state index contributed by atoms with van der Waals surface area (Å²) in [5, 5.41) is 3.48. The molecule has 0 spiro atoms. The van der Waals surface area contributed by atoms with E-state index in [2.05, 4.69) is 5.10 Å². The summed E-state index contributed by atoms with van der Waals surface area (Å²) in [6.45, 7) is 1.10. The number of nitrogens with zero attached hydrogens (tertiary/aromatic N) is 2. The van der Waals surface area contributed by atoms with Crippen molar-refractivity contribution >= 4 is 10.2 Å². The molecule has 0 aliphatic carbocycles. The third kappa shape index (κ3) is 2.18. The first kappa shape index (κ1) is 10.6. The van der Waals surface area contributed by atoms with Gasteiger partial charge >= 0.3 is 10.2 Å². The van der Waals surface area contributed by atoms with Crippen LogP contribution in [0.15, 0.2) is 17.3 Å². The van der Waals surface area contributed by atoms with E-state index in [1.807, 2.05) is 0 Å². The first-order chi connectivity index (χ1) is 7.09. The highest BCUT2D eigenvalue weighted by atomic mass is 32.3. The molecule has 0 unspecified atom stereocenters. The minimum Gasteiger partial charge on any atom is -0.381 e. The van der Waals surface area contributed by atoms with E-state index in [9.17, 15) is 12.3 Å². The van der Waals surface area contributed by atoms with Crippen molar-refractivity contribution in [1.29, 1.82) is 0 Å². The van der Waals surface area contributed by atoms with Crippen LogP contribution in [0.4, 0.5) is 3.89 Å². The van der Waals surface area contributed by atoms with Crippen molar-refractivity contribution < 1.29 is 17.0 Å². The Morgan fingerprint density at radius 2 is 2.13 bits per heavy atom. The van der Waals surface area contributed by atoms with Crippen molar-refractivity contribution in [1.82, 2.24) is 9.78 Å². The molecule has 15 heavy (non-hydrogen) atoms. The summed E-state index contributed by atoms with van der Waals surface area (Å²) in [5.74, 6) is 0. The second-order valence-corrected chi connectivity index (χ2v) is 4.69. The maximum Gasteiger partial charge on any atom is 0.349 e. The lowest BCUT2D eigenvalue weighted by atomic mass is 10.1. The molecule has 84 valence electrons. The fourth-order valence-electron chi connectivity index (χ4n) is 1.70. The Labute approximate surface area is 87.1 Å². The Bertz CT molecular complexity index is 436. The number of aromatic nitrogens is 2. The fraction of sp³-hybridized carbons (Fsp3) is 0.625. The zero-order valence-electron chi connectivity index (χ0n) is 7.97. The molecular weight excluding hydrogens is 223 g/mol. The van der Waals surface area contributed by atoms with Crippen molar-refractivity contribution in [3.63, 3.8) is 0 Å². The normalized spacial score (nSPS) is 19.3. The summed E-state index contributed by atoms with van der Waals surface area (Å²) in [5.41, 5.74) is 0. The molecule has 0 radical (unpaired) electrons. The Balaban J connectivity index is 2.32. The molecule has 0 amide bonds. The number of halogens is 1. The lowest BCUT2D eigenvalue weighted by Gasteiger charge is -2.23. The van der Waals surface area contributed by atoms with E-state index in [1.54, 1.807) is 0 Å². The second kappa shape index (κ2) is 3.90. The topological polar surface area (TPSA) is 61.2 Å². The lowest BCUT2D eigenvalue weighted by Crippen LogP contribution is -2.22. The number of hydrogen-bond acceptors (Lipinski definition) is 4. The van der Waals surface area contributed by atoms with E-state index < -0.39 is 10.2 Å². The van der Waals surface area contributed by atoms with Gasteiger partial charge in [0.1, 0.15) is 0 Å².